The van der Waals surface area contributed by atoms with E-state index < -0.39 is 0 Å². The molecule has 0 spiro atoms. The summed E-state index contributed by atoms with van der Waals surface area (Å²) < 4.78 is 5.60. The van der Waals surface area contributed by atoms with E-state index in [1.165, 1.54) is 0 Å². The Hall–Kier alpha value is -2.16. The fourth-order valence-corrected chi connectivity index (χ4v) is 2.26. The Morgan fingerprint density at radius 3 is 2.57 bits per heavy atom. The van der Waals surface area contributed by atoms with Crippen LogP contribution in [-0.4, -0.2) is 11.0 Å². The third-order valence-electron chi connectivity index (χ3n) is 3.71. The lowest BCUT2D eigenvalue weighted by atomic mass is 9.98. The van der Waals surface area contributed by atoms with Crippen molar-refractivity contribution in [2.24, 2.45) is 0 Å². The van der Waals surface area contributed by atoms with Crippen molar-refractivity contribution in [2.45, 2.75) is 40.0 Å². The highest BCUT2D eigenvalue weighted by molar-refractivity contribution is 5.92. The average Bonchev–Trinajstić information content (AvgIpc) is 2.46. The molecule has 0 saturated carbocycles. The molecule has 3 nitrogen and oxygen atoms in total. The third kappa shape index (κ3) is 3.48. The molecule has 1 aromatic heterocycles. The minimum Gasteiger partial charge on any atom is -0.423 e. The van der Waals surface area contributed by atoms with Crippen LogP contribution in [0, 0.1) is 13.8 Å². The summed E-state index contributed by atoms with van der Waals surface area (Å²) in [5, 5.41) is 0. The highest BCUT2D eigenvalue weighted by Gasteiger charge is 2.16. The molecule has 0 aliphatic rings. The molecule has 0 aliphatic heterocycles. The molecule has 0 saturated heterocycles. The van der Waals surface area contributed by atoms with Crippen LogP contribution in [0.5, 0.6) is 5.75 Å². The van der Waals surface area contributed by atoms with Crippen LogP contribution in [0.25, 0.3) is 0 Å². The normalized spacial score (nSPS) is 12.0. The highest BCUT2D eigenvalue weighted by atomic mass is 16.5. The van der Waals surface area contributed by atoms with Crippen molar-refractivity contribution in [3.8, 4) is 5.75 Å². The second-order valence-electron chi connectivity index (χ2n) is 5.32. The van der Waals surface area contributed by atoms with Gasteiger partial charge in [0.15, 0.2) is 0 Å². The number of rotatable bonds is 4. The predicted octanol–water partition coefficient (Wildman–Crippen LogP) is 4.43. The van der Waals surface area contributed by atoms with Crippen LogP contribution in [0.15, 0.2) is 36.4 Å². The number of hydrogen-bond donors (Lipinski definition) is 0. The largest absolute Gasteiger partial charge is 0.423 e. The lowest BCUT2D eigenvalue weighted by Crippen LogP contribution is -2.13. The number of carbonyl (C=O) groups excluding carboxylic acids is 1. The van der Waals surface area contributed by atoms with E-state index in [-0.39, 0.29) is 5.97 Å². The number of benzene rings is 1. The number of aryl methyl sites for hydroxylation is 2. The minimum atomic E-state index is -0.351. The molecule has 1 aromatic carbocycles. The van der Waals surface area contributed by atoms with Crippen molar-refractivity contribution < 1.29 is 9.53 Å². The molecule has 21 heavy (non-hydrogen) atoms. The van der Waals surface area contributed by atoms with Crippen molar-refractivity contribution in [2.75, 3.05) is 0 Å². The Kier molecular flexibility index (Phi) is 4.73. The topological polar surface area (TPSA) is 39.2 Å². The van der Waals surface area contributed by atoms with Gasteiger partial charge in [0.05, 0.1) is 11.3 Å². The standard InChI is InChI=1S/C18H21NO2/c1-5-12(2)15-8-6-7-9-17(15)21-18(20)16-11-10-13(3)19-14(16)4/h6-12H,5H2,1-4H3. The van der Waals surface area contributed by atoms with Gasteiger partial charge in [-0.25, -0.2) is 4.79 Å². The second kappa shape index (κ2) is 6.53. The zero-order valence-electron chi connectivity index (χ0n) is 13.0. The molecule has 3 heteroatoms. The van der Waals surface area contributed by atoms with Crippen LogP contribution in [-0.2, 0) is 0 Å². The van der Waals surface area contributed by atoms with E-state index in [1.54, 1.807) is 6.07 Å². The summed E-state index contributed by atoms with van der Waals surface area (Å²) >= 11 is 0. The quantitative estimate of drug-likeness (QED) is 0.615. The van der Waals surface area contributed by atoms with Crippen molar-refractivity contribution >= 4 is 5.97 Å². The molecule has 0 fully saturated rings. The summed E-state index contributed by atoms with van der Waals surface area (Å²) in [6.45, 7) is 7.98. The van der Waals surface area contributed by atoms with Gasteiger partial charge >= 0.3 is 5.97 Å². The number of carbonyl (C=O) groups is 1. The maximum atomic E-state index is 12.3. The fraction of sp³-hybridized carbons (Fsp3) is 0.333. The first-order valence-corrected chi connectivity index (χ1v) is 7.28. The Labute approximate surface area is 126 Å². The Morgan fingerprint density at radius 1 is 1.19 bits per heavy atom. The monoisotopic (exact) mass is 283 g/mol. The lowest BCUT2D eigenvalue weighted by molar-refractivity contribution is 0.0731. The van der Waals surface area contributed by atoms with E-state index >= 15 is 0 Å². The van der Waals surface area contributed by atoms with E-state index in [1.807, 2.05) is 44.2 Å². The number of pyridine rings is 1. The van der Waals surface area contributed by atoms with Crippen LogP contribution in [0.4, 0.5) is 0 Å². The second-order valence-corrected chi connectivity index (χ2v) is 5.32. The van der Waals surface area contributed by atoms with Gasteiger partial charge in [0.1, 0.15) is 5.75 Å². The van der Waals surface area contributed by atoms with E-state index in [9.17, 15) is 4.79 Å². The van der Waals surface area contributed by atoms with Gasteiger partial charge in [-0.2, -0.15) is 0 Å². The van der Waals surface area contributed by atoms with Gasteiger partial charge in [-0.05, 0) is 49.9 Å². The van der Waals surface area contributed by atoms with Crippen LogP contribution >= 0.6 is 0 Å². The molecule has 1 heterocycles. The van der Waals surface area contributed by atoms with Crippen molar-refractivity contribution in [3.05, 3.63) is 58.9 Å². The molecule has 0 bridgehead atoms. The van der Waals surface area contributed by atoms with Crippen molar-refractivity contribution in [3.63, 3.8) is 0 Å². The predicted molar refractivity (Wildman–Crippen MR) is 83.8 cm³/mol. The van der Waals surface area contributed by atoms with Crippen molar-refractivity contribution in [1.29, 1.82) is 0 Å². The fourth-order valence-electron chi connectivity index (χ4n) is 2.26. The Bertz CT molecular complexity index is 649. The van der Waals surface area contributed by atoms with Crippen LogP contribution in [0.2, 0.25) is 0 Å². The summed E-state index contributed by atoms with van der Waals surface area (Å²) in [5.74, 6) is 0.638. The summed E-state index contributed by atoms with van der Waals surface area (Å²) in [5.41, 5.74) is 3.16. The maximum Gasteiger partial charge on any atom is 0.345 e. The zero-order valence-corrected chi connectivity index (χ0v) is 13.0. The first kappa shape index (κ1) is 15.2. The summed E-state index contributed by atoms with van der Waals surface area (Å²) in [4.78, 5) is 16.7. The van der Waals surface area contributed by atoms with Gasteiger partial charge in [-0.3, -0.25) is 4.98 Å². The van der Waals surface area contributed by atoms with Crippen molar-refractivity contribution in [1.82, 2.24) is 4.98 Å². The molecule has 1 atom stereocenters. The molecule has 0 radical (unpaired) electrons. The molecule has 0 N–H and O–H groups in total. The number of hydrogen-bond acceptors (Lipinski definition) is 3. The molecular formula is C18H21NO2. The SMILES string of the molecule is CCC(C)c1ccccc1OC(=O)c1ccc(C)nc1C. The van der Waals surface area contributed by atoms with Gasteiger partial charge in [-0.1, -0.05) is 32.0 Å². The van der Waals surface area contributed by atoms with E-state index in [0.717, 1.165) is 17.7 Å². The smallest absolute Gasteiger partial charge is 0.345 e. The van der Waals surface area contributed by atoms with E-state index in [4.69, 9.17) is 4.74 Å². The van der Waals surface area contributed by atoms with Gasteiger partial charge in [0.2, 0.25) is 0 Å². The molecule has 0 aliphatic carbocycles. The minimum absolute atomic E-state index is 0.351. The number of esters is 1. The maximum absolute atomic E-state index is 12.3. The number of ether oxygens (including phenoxy) is 1. The van der Waals surface area contributed by atoms with Gasteiger partial charge < -0.3 is 4.74 Å². The number of nitrogens with zero attached hydrogens (tertiary/aromatic N) is 1. The summed E-state index contributed by atoms with van der Waals surface area (Å²) in [6, 6.07) is 11.3. The first-order valence-electron chi connectivity index (χ1n) is 7.28. The summed E-state index contributed by atoms with van der Waals surface area (Å²) in [7, 11) is 0. The molecule has 2 aromatic rings. The van der Waals surface area contributed by atoms with Crippen LogP contribution < -0.4 is 4.74 Å². The van der Waals surface area contributed by atoms with E-state index in [0.29, 0.717) is 22.9 Å². The van der Waals surface area contributed by atoms with E-state index in [2.05, 4.69) is 18.8 Å². The zero-order chi connectivity index (χ0) is 15.4. The molecule has 2 rings (SSSR count). The van der Waals surface area contributed by atoms with Crippen LogP contribution in [0.1, 0.15) is 53.5 Å². The highest BCUT2D eigenvalue weighted by Crippen LogP contribution is 2.29. The molecular weight excluding hydrogens is 262 g/mol. The Morgan fingerprint density at radius 2 is 1.90 bits per heavy atom. The summed E-state index contributed by atoms with van der Waals surface area (Å²) in [6.07, 6.45) is 1.000. The lowest BCUT2D eigenvalue weighted by Gasteiger charge is -2.15. The molecule has 1 unspecified atom stereocenters. The van der Waals surface area contributed by atoms with Gasteiger partial charge in [0, 0.05) is 5.69 Å². The number of para-hydroxylation sites is 1. The molecule has 0 amide bonds. The van der Waals surface area contributed by atoms with Crippen LogP contribution in [0.3, 0.4) is 0 Å². The number of aromatic nitrogens is 1. The molecule has 110 valence electrons. The van der Waals surface area contributed by atoms with Gasteiger partial charge in [-0.15, -0.1) is 0 Å². The first-order chi connectivity index (χ1) is 10.0. The Balaban J connectivity index is 2.28. The average molecular weight is 283 g/mol. The van der Waals surface area contributed by atoms with Gasteiger partial charge in [0.25, 0.3) is 0 Å². The third-order valence-corrected chi connectivity index (χ3v) is 3.71.